The van der Waals surface area contributed by atoms with E-state index in [1.807, 2.05) is 22.8 Å². The van der Waals surface area contributed by atoms with Crippen LogP contribution in [-0.4, -0.2) is 91.7 Å². The van der Waals surface area contributed by atoms with Crippen molar-refractivity contribution in [3.8, 4) is 0 Å². The van der Waals surface area contributed by atoms with Crippen LogP contribution in [0.25, 0.3) is 0 Å². The van der Waals surface area contributed by atoms with Gasteiger partial charge in [-0.3, -0.25) is 9.69 Å². The Morgan fingerprint density at radius 1 is 1.15 bits per heavy atom. The topological polar surface area (TPSA) is 65.1 Å². The van der Waals surface area contributed by atoms with Crippen LogP contribution in [0, 0.1) is 0 Å². The maximum atomic E-state index is 12.5. The van der Waals surface area contributed by atoms with Gasteiger partial charge in [-0.1, -0.05) is 6.07 Å². The minimum Gasteiger partial charge on any atom is -0.378 e. The summed E-state index contributed by atoms with van der Waals surface area (Å²) in [6.07, 6.45) is 0.873. The van der Waals surface area contributed by atoms with Crippen LogP contribution >= 0.6 is 11.3 Å². The van der Waals surface area contributed by atoms with Gasteiger partial charge in [0.2, 0.25) is 5.91 Å². The number of nitrogens with zero attached hydrogens (tertiary/aromatic N) is 3. The van der Waals surface area contributed by atoms with Crippen LogP contribution in [0.2, 0.25) is 0 Å². The molecule has 0 bridgehead atoms. The van der Waals surface area contributed by atoms with Gasteiger partial charge in [-0.2, -0.15) is 0 Å². The molecule has 0 aromatic carbocycles. The lowest BCUT2D eigenvalue weighted by Gasteiger charge is -2.40. The Labute approximate surface area is 158 Å². The molecule has 0 aliphatic carbocycles. The molecule has 0 radical (unpaired) electrons. The molecule has 1 unspecified atom stereocenters. The summed E-state index contributed by atoms with van der Waals surface area (Å²) in [7, 11) is 0. The number of piperazine rings is 1. The van der Waals surface area contributed by atoms with Gasteiger partial charge in [-0.25, -0.2) is 4.79 Å². The lowest BCUT2D eigenvalue weighted by Crippen LogP contribution is -2.58. The van der Waals surface area contributed by atoms with E-state index in [-0.39, 0.29) is 18.0 Å². The minimum atomic E-state index is -0.168. The molecule has 2 saturated heterocycles. The highest BCUT2D eigenvalue weighted by atomic mass is 32.1. The summed E-state index contributed by atoms with van der Waals surface area (Å²) in [6, 6.07) is 4.05. The van der Waals surface area contributed by atoms with Crippen molar-refractivity contribution in [1.29, 1.82) is 0 Å². The Morgan fingerprint density at radius 3 is 2.50 bits per heavy atom. The maximum absolute atomic E-state index is 12.5. The van der Waals surface area contributed by atoms with Crippen LogP contribution in [0.3, 0.4) is 0 Å². The van der Waals surface area contributed by atoms with E-state index >= 15 is 0 Å². The molecular formula is C18H28N4O3S. The molecule has 1 aromatic heterocycles. The van der Waals surface area contributed by atoms with Crippen molar-refractivity contribution in [3.63, 3.8) is 0 Å². The average Bonchev–Trinajstić information content (AvgIpc) is 3.21. The number of ether oxygens (including phenoxy) is 1. The zero-order chi connectivity index (χ0) is 18.4. The van der Waals surface area contributed by atoms with Crippen molar-refractivity contribution in [2.24, 2.45) is 0 Å². The molecule has 144 valence electrons. The van der Waals surface area contributed by atoms with Gasteiger partial charge in [0.1, 0.15) is 0 Å². The minimum absolute atomic E-state index is 0.0644. The number of carbonyl (C=O) groups is 2. The molecule has 7 nitrogen and oxygen atoms in total. The lowest BCUT2D eigenvalue weighted by molar-refractivity contribution is -0.126. The fourth-order valence-electron chi connectivity index (χ4n) is 3.33. The summed E-state index contributed by atoms with van der Waals surface area (Å²) in [5.74, 6) is 0.0644. The molecule has 8 heteroatoms. The van der Waals surface area contributed by atoms with Crippen molar-refractivity contribution < 1.29 is 14.3 Å². The third kappa shape index (κ3) is 4.96. The van der Waals surface area contributed by atoms with Gasteiger partial charge in [0.15, 0.2) is 0 Å². The molecule has 0 saturated carbocycles. The first-order valence-corrected chi connectivity index (χ1v) is 10.2. The molecule has 3 heterocycles. The van der Waals surface area contributed by atoms with Crippen molar-refractivity contribution in [1.82, 2.24) is 20.0 Å². The van der Waals surface area contributed by atoms with Crippen LogP contribution in [0.5, 0.6) is 0 Å². The monoisotopic (exact) mass is 380 g/mol. The normalized spacial score (nSPS) is 20.0. The number of rotatable bonds is 5. The molecule has 2 aliphatic rings. The fourth-order valence-corrected chi connectivity index (χ4v) is 4.04. The number of morpholine rings is 1. The summed E-state index contributed by atoms with van der Waals surface area (Å²) in [5.41, 5.74) is 0. The number of carbonyl (C=O) groups excluding carboxylic acids is 2. The smallest absolute Gasteiger partial charge is 0.320 e. The molecular weight excluding hydrogens is 352 g/mol. The standard InChI is InChI=1S/C18H28N4O3S/c1-15(17(23)19-5-4-16-3-2-14-26-16)20-6-8-21(9-7-20)18(24)22-10-12-25-13-11-22/h2-3,14-15H,4-13H2,1H3,(H,19,23). The van der Waals surface area contributed by atoms with Crippen molar-refractivity contribution >= 4 is 23.3 Å². The summed E-state index contributed by atoms with van der Waals surface area (Å²) < 4.78 is 5.30. The lowest BCUT2D eigenvalue weighted by atomic mass is 10.2. The summed E-state index contributed by atoms with van der Waals surface area (Å²) in [4.78, 5) is 32.1. The fraction of sp³-hybridized carbons (Fsp3) is 0.667. The van der Waals surface area contributed by atoms with Gasteiger partial charge < -0.3 is 19.9 Å². The SMILES string of the molecule is CC(C(=O)NCCc1cccs1)N1CCN(C(=O)N2CCOCC2)CC1. The predicted molar refractivity (Wildman–Crippen MR) is 101 cm³/mol. The van der Waals surface area contributed by atoms with E-state index in [2.05, 4.69) is 21.7 Å². The Bertz CT molecular complexity index is 581. The first-order valence-electron chi connectivity index (χ1n) is 9.31. The third-order valence-electron chi connectivity index (χ3n) is 5.04. The number of hydrogen-bond acceptors (Lipinski definition) is 5. The highest BCUT2D eigenvalue weighted by molar-refractivity contribution is 7.09. The molecule has 0 spiro atoms. The zero-order valence-electron chi connectivity index (χ0n) is 15.4. The van der Waals surface area contributed by atoms with E-state index in [0.717, 1.165) is 19.5 Å². The number of thiophene rings is 1. The van der Waals surface area contributed by atoms with E-state index < -0.39 is 0 Å². The molecule has 26 heavy (non-hydrogen) atoms. The van der Waals surface area contributed by atoms with Gasteiger partial charge in [-0.15, -0.1) is 11.3 Å². The number of amides is 3. The second-order valence-electron chi connectivity index (χ2n) is 6.70. The molecule has 1 atom stereocenters. The van der Waals surface area contributed by atoms with Crippen molar-refractivity contribution in [2.45, 2.75) is 19.4 Å². The average molecular weight is 381 g/mol. The first kappa shape index (κ1) is 19.1. The van der Waals surface area contributed by atoms with E-state index in [0.29, 0.717) is 45.9 Å². The summed E-state index contributed by atoms with van der Waals surface area (Å²) in [5, 5.41) is 5.08. The number of hydrogen-bond donors (Lipinski definition) is 1. The van der Waals surface area contributed by atoms with E-state index in [1.165, 1.54) is 4.88 Å². The van der Waals surface area contributed by atoms with Gasteiger partial charge in [0, 0.05) is 50.7 Å². The van der Waals surface area contributed by atoms with E-state index in [1.54, 1.807) is 11.3 Å². The molecule has 3 rings (SSSR count). The van der Waals surface area contributed by atoms with Gasteiger partial charge >= 0.3 is 6.03 Å². The van der Waals surface area contributed by atoms with Gasteiger partial charge in [-0.05, 0) is 24.8 Å². The van der Waals surface area contributed by atoms with E-state index in [4.69, 9.17) is 4.74 Å². The highest BCUT2D eigenvalue weighted by Gasteiger charge is 2.29. The van der Waals surface area contributed by atoms with Crippen LogP contribution in [0.1, 0.15) is 11.8 Å². The first-order chi connectivity index (χ1) is 12.6. The summed E-state index contributed by atoms with van der Waals surface area (Å²) in [6.45, 7) is 7.99. The zero-order valence-corrected chi connectivity index (χ0v) is 16.2. The van der Waals surface area contributed by atoms with Crippen LogP contribution in [0.4, 0.5) is 4.79 Å². The summed E-state index contributed by atoms with van der Waals surface area (Å²) >= 11 is 1.71. The van der Waals surface area contributed by atoms with Gasteiger partial charge in [0.25, 0.3) is 0 Å². The Hall–Kier alpha value is -1.64. The number of nitrogens with one attached hydrogen (secondary N) is 1. The molecule has 1 N–H and O–H groups in total. The quantitative estimate of drug-likeness (QED) is 0.823. The largest absolute Gasteiger partial charge is 0.378 e. The Kier molecular flexibility index (Phi) is 6.87. The second kappa shape index (κ2) is 9.34. The van der Waals surface area contributed by atoms with Gasteiger partial charge in [0.05, 0.1) is 19.3 Å². The highest BCUT2D eigenvalue weighted by Crippen LogP contribution is 2.11. The third-order valence-corrected chi connectivity index (χ3v) is 5.98. The Morgan fingerprint density at radius 2 is 1.85 bits per heavy atom. The van der Waals surface area contributed by atoms with Crippen LogP contribution < -0.4 is 5.32 Å². The van der Waals surface area contributed by atoms with Crippen molar-refractivity contribution in [3.05, 3.63) is 22.4 Å². The predicted octanol–water partition coefficient (Wildman–Crippen LogP) is 0.865. The van der Waals surface area contributed by atoms with Crippen molar-refractivity contribution in [2.75, 3.05) is 59.0 Å². The van der Waals surface area contributed by atoms with Crippen LogP contribution in [-0.2, 0) is 16.0 Å². The molecule has 2 aliphatic heterocycles. The molecule has 3 amide bonds. The maximum Gasteiger partial charge on any atom is 0.320 e. The second-order valence-corrected chi connectivity index (χ2v) is 7.73. The van der Waals surface area contributed by atoms with Crippen LogP contribution in [0.15, 0.2) is 17.5 Å². The molecule has 2 fully saturated rings. The number of urea groups is 1. The molecule has 1 aromatic rings. The van der Waals surface area contributed by atoms with E-state index in [9.17, 15) is 9.59 Å². The Balaban J connectivity index is 1.39.